The second-order valence-corrected chi connectivity index (χ2v) is 6.66. The van der Waals surface area contributed by atoms with Crippen LogP contribution in [0.5, 0.6) is 5.75 Å². The molecule has 0 amide bonds. The number of benzene rings is 4. The Hall–Kier alpha value is -4.05. The van der Waals surface area contributed by atoms with Gasteiger partial charge in [-0.2, -0.15) is 0 Å². The first kappa shape index (κ1) is 19.3. The number of hydrogen-bond donors (Lipinski definition) is 1. The van der Waals surface area contributed by atoms with Crippen molar-refractivity contribution >= 4 is 28.1 Å². The smallest absolute Gasteiger partial charge is 0.376 e. The molecule has 0 atom stereocenters. The third kappa shape index (κ3) is 4.33. The number of rotatable bonds is 6. The average molecular weight is 395 g/mol. The molecule has 0 aromatic heterocycles. The molecule has 0 saturated heterocycles. The van der Waals surface area contributed by atoms with Crippen LogP contribution in [0.15, 0.2) is 109 Å². The van der Waals surface area contributed by atoms with Crippen LogP contribution in [-0.2, 0) is 9.53 Å². The Balaban J connectivity index is 1.82. The van der Waals surface area contributed by atoms with Crippen LogP contribution in [0.2, 0.25) is 0 Å². The number of hydrogen-bond acceptors (Lipinski definition) is 4. The fourth-order valence-corrected chi connectivity index (χ4v) is 3.17. The SMILES string of the molecule is COC(=O)/C(Oc1ccc2ccccc2c1)=C(\Nc1ccccc1)c1ccccc1. The molecular formula is C26H21NO3. The molecule has 148 valence electrons. The van der Waals surface area contributed by atoms with Crippen LogP contribution in [-0.4, -0.2) is 13.1 Å². The van der Waals surface area contributed by atoms with E-state index < -0.39 is 5.97 Å². The number of anilines is 1. The zero-order valence-electron chi connectivity index (χ0n) is 16.5. The highest BCUT2D eigenvalue weighted by atomic mass is 16.6. The van der Waals surface area contributed by atoms with Crippen LogP contribution in [0.3, 0.4) is 0 Å². The van der Waals surface area contributed by atoms with Crippen LogP contribution in [0.25, 0.3) is 16.5 Å². The molecule has 0 bridgehead atoms. The molecule has 0 unspecified atom stereocenters. The Labute approximate surface area is 175 Å². The van der Waals surface area contributed by atoms with E-state index in [1.54, 1.807) is 0 Å². The third-order valence-corrected chi connectivity index (χ3v) is 4.64. The number of carbonyl (C=O) groups excluding carboxylic acids is 1. The van der Waals surface area contributed by atoms with E-state index in [2.05, 4.69) is 5.32 Å². The Morgan fingerprint density at radius 3 is 2.07 bits per heavy atom. The molecule has 0 heterocycles. The number of para-hydroxylation sites is 1. The Kier molecular flexibility index (Phi) is 5.76. The van der Waals surface area contributed by atoms with Crippen molar-refractivity contribution in [3.05, 3.63) is 114 Å². The number of ether oxygens (including phenoxy) is 2. The summed E-state index contributed by atoms with van der Waals surface area (Å²) in [5, 5.41) is 5.44. The number of methoxy groups -OCH3 is 1. The summed E-state index contributed by atoms with van der Waals surface area (Å²) in [6.07, 6.45) is 0. The predicted octanol–water partition coefficient (Wildman–Crippen LogP) is 5.87. The van der Waals surface area contributed by atoms with E-state index >= 15 is 0 Å². The summed E-state index contributed by atoms with van der Waals surface area (Å²) in [4.78, 5) is 12.7. The van der Waals surface area contributed by atoms with Crippen molar-refractivity contribution in [3.63, 3.8) is 0 Å². The van der Waals surface area contributed by atoms with Crippen molar-refractivity contribution < 1.29 is 14.3 Å². The molecule has 4 aromatic carbocycles. The van der Waals surface area contributed by atoms with Crippen molar-refractivity contribution in [3.8, 4) is 5.75 Å². The molecule has 4 rings (SSSR count). The Morgan fingerprint density at radius 1 is 0.733 bits per heavy atom. The summed E-state index contributed by atoms with van der Waals surface area (Å²) >= 11 is 0. The zero-order valence-corrected chi connectivity index (χ0v) is 16.5. The minimum atomic E-state index is -0.564. The van der Waals surface area contributed by atoms with Crippen molar-refractivity contribution in [2.75, 3.05) is 12.4 Å². The number of esters is 1. The maximum atomic E-state index is 12.7. The van der Waals surface area contributed by atoms with Gasteiger partial charge in [-0.15, -0.1) is 0 Å². The molecule has 4 nitrogen and oxygen atoms in total. The quantitative estimate of drug-likeness (QED) is 0.252. The van der Waals surface area contributed by atoms with Gasteiger partial charge in [0.05, 0.1) is 12.8 Å². The van der Waals surface area contributed by atoms with Gasteiger partial charge in [-0.05, 0) is 35.0 Å². The summed E-state index contributed by atoms with van der Waals surface area (Å²) in [5.74, 6) is 0.0747. The third-order valence-electron chi connectivity index (χ3n) is 4.64. The molecule has 0 saturated carbocycles. The minimum absolute atomic E-state index is 0.0860. The van der Waals surface area contributed by atoms with E-state index in [9.17, 15) is 4.79 Å². The van der Waals surface area contributed by atoms with Crippen LogP contribution < -0.4 is 10.1 Å². The standard InChI is InChI=1S/C26H21NO3/c1-29-26(28)25(30-23-17-16-19-10-8-9-13-21(19)18-23)24(20-11-4-2-5-12-20)27-22-14-6-3-7-15-22/h2-18,27H,1H3/b25-24+. The highest BCUT2D eigenvalue weighted by Crippen LogP contribution is 2.27. The molecule has 0 aliphatic carbocycles. The maximum absolute atomic E-state index is 12.7. The molecular weight excluding hydrogens is 374 g/mol. The van der Waals surface area contributed by atoms with Gasteiger partial charge in [-0.25, -0.2) is 4.79 Å². The second-order valence-electron chi connectivity index (χ2n) is 6.66. The highest BCUT2D eigenvalue weighted by molar-refractivity contribution is 5.98. The predicted molar refractivity (Wildman–Crippen MR) is 120 cm³/mol. The lowest BCUT2D eigenvalue weighted by Crippen LogP contribution is -2.17. The Bertz CT molecular complexity index is 1180. The van der Waals surface area contributed by atoms with Gasteiger partial charge < -0.3 is 14.8 Å². The van der Waals surface area contributed by atoms with Crippen LogP contribution in [0, 0.1) is 0 Å². The largest absolute Gasteiger partial charge is 0.463 e. The van der Waals surface area contributed by atoms with E-state index in [-0.39, 0.29) is 5.76 Å². The minimum Gasteiger partial charge on any atom is -0.463 e. The van der Waals surface area contributed by atoms with Gasteiger partial charge in [-0.3, -0.25) is 0 Å². The van der Waals surface area contributed by atoms with E-state index in [0.717, 1.165) is 22.0 Å². The van der Waals surface area contributed by atoms with Crippen LogP contribution in [0.1, 0.15) is 5.56 Å². The van der Waals surface area contributed by atoms with Gasteiger partial charge in [0.2, 0.25) is 5.76 Å². The molecule has 0 radical (unpaired) electrons. The lowest BCUT2D eigenvalue weighted by molar-refractivity contribution is -0.138. The summed E-state index contributed by atoms with van der Waals surface area (Å²) in [6, 6.07) is 32.9. The summed E-state index contributed by atoms with van der Waals surface area (Å²) in [6.45, 7) is 0. The van der Waals surface area contributed by atoms with Crippen LogP contribution >= 0.6 is 0 Å². The number of carbonyl (C=O) groups is 1. The zero-order chi connectivity index (χ0) is 20.8. The number of fused-ring (bicyclic) bond motifs is 1. The summed E-state index contributed by atoms with van der Waals surface area (Å²) in [5.41, 5.74) is 2.17. The van der Waals surface area contributed by atoms with Gasteiger partial charge >= 0.3 is 5.97 Å². The first-order valence-electron chi connectivity index (χ1n) is 9.61. The fraction of sp³-hybridized carbons (Fsp3) is 0.0385. The summed E-state index contributed by atoms with van der Waals surface area (Å²) < 4.78 is 11.2. The van der Waals surface area contributed by atoms with Gasteiger partial charge in [0.15, 0.2) is 0 Å². The highest BCUT2D eigenvalue weighted by Gasteiger charge is 2.21. The van der Waals surface area contributed by atoms with Gasteiger partial charge in [0, 0.05) is 11.3 Å². The summed E-state index contributed by atoms with van der Waals surface area (Å²) in [7, 11) is 1.34. The lowest BCUT2D eigenvalue weighted by atomic mass is 10.1. The molecule has 0 spiro atoms. The second kappa shape index (κ2) is 8.97. The molecule has 30 heavy (non-hydrogen) atoms. The maximum Gasteiger partial charge on any atom is 0.376 e. The van der Waals surface area contributed by atoms with Crippen LogP contribution in [0.4, 0.5) is 5.69 Å². The van der Waals surface area contributed by atoms with E-state index in [1.807, 2.05) is 103 Å². The van der Waals surface area contributed by atoms with Crippen molar-refractivity contribution in [2.45, 2.75) is 0 Å². The molecule has 1 N–H and O–H groups in total. The van der Waals surface area contributed by atoms with Gasteiger partial charge in [0.25, 0.3) is 0 Å². The molecule has 4 aromatic rings. The average Bonchev–Trinajstić information content (AvgIpc) is 2.82. The first-order valence-corrected chi connectivity index (χ1v) is 9.61. The monoisotopic (exact) mass is 395 g/mol. The molecule has 4 heteroatoms. The molecule has 0 fully saturated rings. The van der Waals surface area contributed by atoms with Crippen molar-refractivity contribution in [2.24, 2.45) is 0 Å². The normalized spacial score (nSPS) is 11.5. The Morgan fingerprint density at radius 2 is 1.37 bits per heavy atom. The van der Waals surface area contributed by atoms with Crippen molar-refractivity contribution in [1.82, 2.24) is 0 Å². The first-order chi connectivity index (χ1) is 14.7. The number of nitrogens with one attached hydrogen (secondary N) is 1. The topological polar surface area (TPSA) is 47.6 Å². The van der Waals surface area contributed by atoms with E-state index in [1.165, 1.54) is 7.11 Å². The molecule has 0 aliphatic rings. The van der Waals surface area contributed by atoms with E-state index in [4.69, 9.17) is 9.47 Å². The van der Waals surface area contributed by atoms with E-state index in [0.29, 0.717) is 11.4 Å². The van der Waals surface area contributed by atoms with Gasteiger partial charge in [-0.1, -0.05) is 78.9 Å². The van der Waals surface area contributed by atoms with Crippen molar-refractivity contribution in [1.29, 1.82) is 0 Å². The fourth-order valence-electron chi connectivity index (χ4n) is 3.17. The van der Waals surface area contributed by atoms with Gasteiger partial charge in [0.1, 0.15) is 5.75 Å². The lowest BCUT2D eigenvalue weighted by Gasteiger charge is -2.17. The molecule has 0 aliphatic heterocycles.